The van der Waals surface area contributed by atoms with Crippen molar-refractivity contribution in [2.45, 2.75) is 31.9 Å². The maximum absolute atomic E-state index is 14.2. The van der Waals surface area contributed by atoms with Gasteiger partial charge in [-0.3, -0.25) is 24.2 Å². The third kappa shape index (κ3) is 4.67. The summed E-state index contributed by atoms with van der Waals surface area (Å²) in [5.41, 5.74) is 0.467. The van der Waals surface area contributed by atoms with Crippen LogP contribution in [0, 0.1) is 17.8 Å². The lowest BCUT2D eigenvalue weighted by atomic mass is 9.59. The fourth-order valence-corrected chi connectivity index (χ4v) is 7.26. The van der Waals surface area contributed by atoms with Crippen LogP contribution in [-0.2, 0) is 25.4 Å². The van der Waals surface area contributed by atoms with Gasteiger partial charge in [0.05, 0.1) is 31.1 Å². The third-order valence-electron chi connectivity index (χ3n) is 9.10. The number of aromatic hydroxyl groups is 1. The summed E-state index contributed by atoms with van der Waals surface area (Å²) in [5, 5.41) is 12.0. The van der Waals surface area contributed by atoms with Gasteiger partial charge >= 0.3 is 6.18 Å². The number of fused-ring (bicyclic) bond motifs is 3. The summed E-state index contributed by atoms with van der Waals surface area (Å²) in [7, 11) is 3.92. The van der Waals surface area contributed by atoms with E-state index in [2.05, 4.69) is 4.98 Å². The van der Waals surface area contributed by atoms with Gasteiger partial charge in [-0.2, -0.15) is 18.2 Å². The number of carbonyl (C=O) groups excluding carboxylic acids is 4. The molecule has 2 aromatic rings. The first kappa shape index (κ1) is 31.3. The molecule has 2 amide bonds. The highest BCUT2D eigenvalue weighted by molar-refractivity contribution is 6.33. The summed E-state index contributed by atoms with van der Waals surface area (Å²) in [5.74, 6) is -6.20. The number of amides is 2. The summed E-state index contributed by atoms with van der Waals surface area (Å²) < 4.78 is 51.1. The highest BCUT2D eigenvalue weighted by Crippen LogP contribution is 2.56. The van der Waals surface area contributed by atoms with Gasteiger partial charge < -0.3 is 14.6 Å². The number of aromatic nitrogens is 1. The highest BCUT2D eigenvalue weighted by Gasteiger charge is 2.57. The zero-order valence-electron chi connectivity index (χ0n) is 24.9. The summed E-state index contributed by atoms with van der Waals surface area (Å²) >= 11 is 6.20. The number of hydrazine groups is 1. The Kier molecular flexibility index (Phi) is 7.50. The number of phenolic OH excluding ortho intramolecular Hbond substituents is 1. The van der Waals surface area contributed by atoms with Crippen LogP contribution in [0.1, 0.15) is 36.9 Å². The van der Waals surface area contributed by atoms with Crippen molar-refractivity contribution in [1.29, 1.82) is 0 Å². The number of ketones is 2. The Hall–Kier alpha value is -4.65. The first-order valence-electron chi connectivity index (χ1n) is 14.2. The maximum Gasteiger partial charge on any atom is 0.433 e. The van der Waals surface area contributed by atoms with E-state index in [1.807, 2.05) is 0 Å². The number of allylic oxidation sites excluding steroid dienone is 6. The van der Waals surface area contributed by atoms with Crippen LogP contribution in [0.3, 0.4) is 0 Å². The first-order valence-corrected chi connectivity index (χ1v) is 14.6. The van der Waals surface area contributed by atoms with Gasteiger partial charge in [-0.1, -0.05) is 23.3 Å². The van der Waals surface area contributed by atoms with Crippen LogP contribution in [0.2, 0.25) is 5.02 Å². The van der Waals surface area contributed by atoms with Gasteiger partial charge in [0.25, 0.3) is 11.8 Å². The first-order chi connectivity index (χ1) is 21.7. The standard InChI is InChI=1S/C32H27ClF3N3O7/c1-13-9-20(40)26-18(27(13)41)12-17-15(24(26)14-10-21(45-3)28(42)22(11-14)46-4)5-6-16-25(17)31(44)39(30(16)43)38(2)29-19(33)7-8-23(37-29)32(34,35)36/h5,7-11,16-17,24-25,42H,6,12H2,1-4H3/t16-,17+,24-,25-/m0/s1. The number of nitrogens with zero attached hydrogens (tertiary/aromatic N) is 3. The van der Waals surface area contributed by atoms with Gasteiger partial charge in [-0.15, -0.1) is 0 Å². The lowest BCUT2D eigenvalue weighted by Crippen LogP contribution is -2.46. The Balaban J connectivity index is 1.46. The maximum atomic E-state index is 14.2. The molecule has 0 saturated carbocycles. The molecular weight excluding hydrogens is 631 g/mol. The molecule has 1 aliphatic heterocycles. The molecule has 4 atom stereocenters. The lowest BCUT2D eigenvalue weighted by molar-refractivity contribution is -0.141. The number of hydrogen-bond acceptors (Lipinski definition) is 9. The van der Waals surface area contributed by atoms with Crippen LogP contribution in [0.25, 0.3) is 0 Å². The van der Waals surface area contributed by atoms with Gasteiger partial charge in [0.15, 0.2) is 28.9 Å². The summed E-state index contributed by atoms with van der Waals surface area (Å²) in [6.07, 6.45) is -1.69. The predicted octanol–water partition coefficient (Wildman–Crippen LogP) is 4.96. The van der Waals surface area contributed by atoms with Crippen LogP contribution < -0.4 is 14.5 Å². The smallest absolute Gasteiger partial charge is 0.433 e. The quantitative estimate of drug-likeness (QED) is 0.270. The third-order valence-corrected chi connectivity index (χ3v) is 9.39. The number of imide groups is 1. The number of rotatable bonds is 5. The zero-order valence-corrected chi connectivity index (χ0v) is 25.7. The second-order valence-electron chi connectivity index (χ2n) is 11.5. The Morgan fingerprint density at radius 2 is 1.70 bits per heavy atom. The lowest BCUT2D eigenvalue weighted by Gasteiger charge is -2.42. The van der Waals surface area contributed by atoms with E-state index >= 15 is 0 Å². The van der Waals surface area contributed by atoms with Gasteiger partial charge in [0.2, 0.25) is 5.75 Å². The zero-order chi connectivity index (χ0) is 33.4. The van der Waals surface area contributed by atoms with Crippen molar-refractivity contribution in [3.8, 4) is 17.2 Å². The molecule has 14 heteroatoms. The number of pyridine rings is 1. The van der Waals surface area contributed by atoms with E-state index in [1.54, 1.807) is 6.08 Å². The number of phenols is 1. The normalized spacial score (nSPS) is 24.3. The van der Waals surface area contributed by atoms with Crippen molar-refractivity contribution in [2.75, 3.05) is 26.3 Å². The van der Waals surface area contributed by atoms with Crippen molar-refractivity contribution >= 4 is 40.8 Å². The van der Waals surface area contributed by atoms with E-state index in [0.29, 0.717) is 17.2 Å². The van der Waals surface area contributed by atoms with E-state index in [4.69, 9.17) is 21.1 Å². The van der Waals surface area contributed by atoms with E-state index in [-0.39, 0.29) is 63.4 Å². The number of alkyl halides is 3. The van der Waals surface area contributed by atoms with Crippen LogP contribution in [0.4, 0.5) is 19.0 Å². The molecule has 1 N–H and O–H groups in total. The number of carbonyl (C=O) groups is 4. The number of Topliss-reactive ketones (excluding diaryl/α,β-unsaturated/α-hetero) is 1. The number of ether oxygens (including phenoxy) is 2. The topological polar surface area (TPSA) is 126 Å². The number of halogens is 4. The number of benzene rings is 1. The molecule has 0 radical (unpaired) electrons. The molecular formula is C32H27ClF3N3O7. The van der Waals surface area contributed by atoms with E-state index in [0.717, 1.165) is 16.1 Å². The SMILES string of the molecule is COc1cc([C@H]2C3=CC[C@@H]4C(=O)N(N(C)c5nc(C(F)(F)F)ccc5Cl)C(=O)[C@@H]4[C@@H]3CC3=C2C(=O)C=C(C)C3=O)cc(OC)c1O. The van der Waals surface area contributed by atoms with Crippen LogP contribution in [0.15, 0.2) is 58.7 Å². The Morgan fingerprint density at radius 1 is 1.04 bits per heavy atom. The fourth-order valence-electron chi connectivity index (χ4n) is 7.03. The van der Waals surface area contributed by atoms with E-state index in [1.165, 1.54) is 46.4 Å². The molecule has 6 rings (SSSR count). The van der Waals surface area contributed by atoms with E-state index in [9.17, 15) is 37.5 Å². The minimum Gasteiger partial charge on any atom is -0.502 e. The van der Waals surface area contributed by atoms with Gasteiger partial charge in [-0.25, -0.2) is 4.98 Å². The number of anilines is 1. The van der Waals surface area contributed by atoms with Crippen LogP contribution in [-0.4, -0.2) is 59.7 Å². The monoisotopic (exact) mass is 657 g/mol. The minimum absolute atomic E-state index is 0.0138. The summed E-state index contributed by atoms with van der Waals surface area (Å²) in [4.78, 5) is 58.6. The largest absolute Gasteiger partial charge is 0.502 e. The highest BCUT2D eigenvalue weighted by atomic mass is 35.5. The minimum atomic E-state index is -4.80. The molecule has 0 bridgehead atoms. The number of hydrogen-bond donors (Lipinski definition) is 1. The molecule has 3 aliphatic carbocycles. The average molecular weight is 658 g/mol. The van der Waals surface area contributed by atoms with Gasteiger partial charge in [0, 0.05) is 29.7 Å². The van der Waals surface area contributed by atoms with Crippen molar-refractivity contribution < 1.29 is 46.9 Å². The molecule has 240 valence electrons. The molecule has 1 fully saturated rings. The Labute approximate surface area is 265 Å². The second-order valence-corrected chi connectivity index (χ2v) is 11.9. The summed E-state index contributed by atoms with van der Waals surface area (Å²) in [6, 6.07) is 4.73. The number of methoxy groups -OCH3 is 2. The molecule has 1 saturated heterocycles. The van der Waals surface area contributed by atoms with E-state index < -0.39 is 53.2 Å². The summed E-state index contributed by atoms with van der Waals surface area (Å²) in [6.45, 7) is 1.52. The Morgan fingerprint density at radius 3 is 2.30 bits per heavy atom. The molecule has 1 aromatic carbocycles. The fraction of sp³-hybridized carbons (Fsp3) is 0.344. The van der Waals surface area contributed by atoms with Crippen molar-refractivity contribution in [3.63, 3.8) is 0 Å². The average Bonchev–Trinajstić information content (AvgIpc) is 3.27. The Bertz CT molecular complexity index is 1810. The molecule has 46 heavy (non-hydrogen) atoms. The molecule has 1 aromatic heterocycles. The second kappa shape index (κ2) is 11.0. The molecule has 4 aliphatic rings. The molecule has 0 spiro atoms. The van der Waals surface area contributed by atoms with Gasteiger partial charge in [-0.05, 0) is 61.6 Å². The predicted molar refractivity (Wildman–Crippen MR) is 157 cm³/mol. The van der Waals surface area contributed by atoms with Crippen LogP contribution in [0.5, 0.6) is 17.2 Å². The molecule has 2 heterocycles. The van der Waals surface area contributed by atoms with Crippen molar-refractivity contribution in [3.05, 3.63) is 75.0 Å². The van der Waals surface area contributed by atoms with Crippen molar-refractivity contribution in [1.82, 2.24) is 9.99 Å². The molecule has 0 unspecified atom stereocenters. The van der Waals surface area contributed by atoms with Crippen LogP contribution >= 0.6 is 11.6 Å². The van der Waals surface area contributed by atoms with Gasteiger partial charge in [0.1, 0.15) is 5.69 Å². The van der Waals surface area contributed by atoms with Crippen molar-refractivity contribution in [2.24, 2.45) is 17.8 Å². The molecule has 10 nitrogen and oxygen atoms in total.